The molecule has 0 aromatic carbocycles. The first-order chi connectivity index (χ1) is 8.21. The van der Waals surface area contributed by atoms with Gasteiger partial charge in [-0.15, -0.1) is 11.3 Å². The van der Waals surface area contributed by atoms with Crippen molar-refractivity contribution in [3.05, 3.63) is 20.8 Å². The molecule has 0 spiro atoms. The maximum Gasteiger partial charge on any atom is 0.304 e. The molecule has 1 aromatic heterocycles. The van der Waals surface area contributed by atoms with Gasteiger partial charge in [0.1, 0.15) is 0 Å². The lowest BCUT2D eigenvalue weighted by Gasteiger charge is -2.39. The van der Waals surface area contributed by atoms with Gasteiger partial charge in [-0.1, -0.05) is 0 Å². The van der Waals surface area contributed by atoms with Crippen LogP contribution in [0, 0.1) is 0 Å². The van der Waals surface area contributed by atoms with E-state index in [0.717, 1.165) is 3.79 Å². The summed E-state index contributed by atoms with van der Waals surface area (Å²) >= 11 is 5.17. The summed E-state index contributed by atoms with van der Waals surface area (Å²) in [7, 11) is 0. The van der Waals surface area contributed by atoms with E-state index in [0.29, 0.717) is 6.54 Å². The Balaban J connectivity index is 2.85. The molecule has 1 atom stereocenters. The molecule has 102 valence electrons. The number of halogens is 1. The molecule has 0 aliphatic heterocycles. The fourth-order valence-electron chi connectivity index (χ4n) is 2.03. The van der Waals surface area contributed by atoms with Crippen molar-refractivity contribution in [2.24, 2.45) is 0 Å². The van der Waals surface area contributed by atoms with Gasteiger partial charge in [0.15, 0.2) is 0 Å². The van der Waals surface area contributed by atoms with Crippen molar-refractivity contribution in [2.45, 2.75) is 45.7 Å². The lowest BCUT2D eigenvalue weighted by Crippen LogP contribution is -2.43. The highest BCUT2D eigenvalue weighted by Crippen LogP contribution is 2.34. The van der Waals surface area contributed by atoms with Gasteiger partial charge in [0.25, 0.3) is 0 Å². The average Bonchev–Trinajstić information content (AvgIpc) is 2.62. The van der Waals surface area contributed by atoms with Gasteiger partial charge < -0.3 is 5.11 Å². The number of aliphatic carboxylic acids is 1. The van der Waals surface area contributed by atoms with Crippen molar-refractivity contribution in [3.8, 4) is 0 Å². The summed E-state index contributed by atoms with van der Waals surface area (Å²) in [5, 5.41) is 8.85. The Labute approximate surface area is 121 Å². The summed E-state index contributed by atoms with van der Waals surface area (Å²) in [4.78, 5) is 14.2. The molecule has 1 unspecified atom stereocenters. The zero-order valence-electron chi connectivity index (χ0n) is 11.2. The molecule has 0 aliphatic rings. The van der Waals surface area contributed by atoms with Gasteiger partial charge in [0, 0.05) is 23.0 Å². The molecular formula is C13H20BrNO2S. The highest BCUT2D eigenvalue weighted by atomic mass is 79.9. The number of carboxylic acids is 1. The summed E-state index contributed by atoms with van der Waals surface area (Å²) in [6.07, 6.45) is 0.175. The first kappa shape index (κ1) is 15.7. The Morgan fingerprint density at radius 3 is 2.50 bits per heavy atom. The van der Waals surface area contributed by atoms with Crippen molar-refractivity contribution in [1.82, 2.24) is 4.90 Å². The topological polar surface area (TPSA) is 40.5 Å². The standard InChI is InChI=1S/C13H20BrNO2S/c1-9(10-5-6-11(14)18-10)15(13(2,3)4)8-7-12(16)17/h5-6,9H,7-8H2,1-4H3,(H,16,17). The van der Waals surface area contributed by atoms with Gasteiger partial charge in [-0.25, -0.2) is 0 Å². The monoisotopic (exact) mass is 333 g/mol. The molecule has 0 saturated heterocycles. The smallest absolute Gasteiger partial charge is 0.304 e. The van der Waals surface area contributed by atoms with Crippen LogP contribution in [0.1, 0.15) is 45.0 Å². The van der Waals surface area contributed by atoms with E-state index in [4.69, 9.17) is 5.11 Å². The Bertz CT molecular complexity index is 411. The maximum absolute atomic E-state index is 10.8. The number of carbonyl (C=O) groups is 1. The second-order valence-electron chi connectivity index (χ2n) is 5.33. The third kappa shape index (κ3) is 4.37. The molecule has 0 saturated carbocycles. The predicted octanol–water partition coefficient (Wildman–Crippen LogP) is 4.15. The third-order valence-electron chi connectivity index (χ3n) is 2.90. The van der Waals surface area contributed by atoms with Crippen LogP contribution in [0.5, 0.6) is 0 Å². The van der Waals surface area contributed by atoms with Crippen molar-refractivity contribution in [3.63, 3.8) is 0 Å². The van der Waals surface area contributed by atoms with Gasteiger partial charge in [-0.2, -0.15) is 0 Å². The van der Waals surface area contributed by atoms with E-state index in [2.05, 4.69) is 54.6 Å². The summed E-state index contributed by atoms with van der Waals surface area (Å²) < 4.78 is 1.11. The van der Waals surface area contributed by atoms with Gasteiger partial charge >= 0.3 is 5.97 Å². The summed E-state index contributed by atoms with van der Waals surface area (Å²) in [6.45, 7) is 9.05. The fourth-order valence-corrected chi connectivity index (χ4v) is 3.52. The van der Waals surface area contributed by atoms with E-state index in [9.17, 15) is 4.79 Å². The number of hydrogen-bond donors (Lipinski definition) is 1. The van der Waals surface area contributed by atoms with Crippen LogP contribution in [0.15, 0.2) is 15.9 Å². The molecule has 0 fully saturated rings. The molecule has 0 bridgehead atoms. The highest BCUT2D eigenvalue weighted by molar-refractivity contribution is 9.11. The van der Waals surface area contributed by atoms with E-state index in [1.54, 1.807) is 11.3 Å². The summed E-state index contributed by atoms with van der Waals surface area (Å²) in [5.41, 5.74) is -0.0503. The van der Waals surface area contributed by atoms with Gasteiger partial charge in [-0.05, 0) is 55.8 Å². The maximum atomic E-state index is 10.8. The van der Waals surface area contributed by atoms with Crippen LogP contribution in [0.25, 0.3) is 0 Å². The Morgan fingerprint density at radius 1 is 1.50 bits per heavy atom. The number of hydrogen-bond acceptors (Lipinski definition) is 3. The lowest BCUT2D eigenvalue weighted by atomic mass is 10.0. The Hall–Kier alpha value is -0.390. The summed E-state index contributed by atoms with van der Waals surface area (Å²) in [6, 6.07) is 4.36. The first-order valence-electron chi connectivity index (χ1n) is 5.95. The summed E-state index contributed by atoms with van der Waals surface area (Å²) in [5.74, 6) is -0.746. The Kier molecular flexibility index (Phi) is 5.37. The van der Waals surface area contributed by atoms with Crippen LogP contribution < -0.4 is 0 Å². The van der Waals surface area contributed by atoms with E-state index >= 15 is 0 Å². The zero-order chi connectivity index (χ0) is 13.9. The van der Waals surface area contributed by atoms with Crippen molar-refractivity contribution >= 4 is 33.2 Å². The number of nitrogens with zero attached hydrogens (tertiary/aromatic N) is 1. The Morgan fingerprint density at radius 2 is 2.11 bits per heavy atom. The molecule has 1 aromatic rings. The molecular weight excluding hydrogens is 314 g/mol. The van der Waals surface area contributed by atoms with Crippen LogP contribution in [-0.2, 0) is 4.79 Å². The van der Waals surface area contributed by atoms with Crippen LogP contribution in [0.2, 0.25) is 0 Å². The van der Waals surface area contributed by atoms with Crippen LogP contribution in [-0.4, -0.2) is 28.1 Å². The minimum atomic E-state index is -0.746. The van der Waals surface area contributed by atoms with E-state index in [1.807, 2.05) is 6.07 Å². The van der Waals surface area contributed by atoms with Gasteiger partial charge in [-0.3, -0.25) is 9.69 Å². The minimum Gasteiger partial charge on any atom is -0.481 e. The number of thiophene rings is 1. The average molecular weight is 334 g/mol. The molecule has 0 amide bonds. The molecule has 3 nitrogen and oxygen atoms in total. The molecule has 5 heteroatoms. The molecule has 1 N–H and O–H groups in total. The number of carboxylic acid groups (broad SMARTS) is 1. The fraction of sp³-hybridized carbons (Fsp3) is 0.615. The van der Waals surface area contributed by atoms with Gasteiger partial charge in [0.05, 0.1) is 10.2 Å². The van der Waals surface area contributed by atoms with Crippen LogP contribution in [0.4, 0.5) is 0 Å². The largest absolute Gasteiger partial charge is 0.481 e. The number of rotatable bonds is 5. The zero-order valence-corrected chi connectivity index (χ0v) is 13.6. The normalized spacial score (nSPS) is 13.9. The van der Waals surface area contributed by atoms with Crippen LogP contribution >= 0.6 is 27.3 Å². The molecule has 0 aliphatic carbocycles. The van der Waals surface area contributed by atoms with E-state index in [1.165, 1.54) is 4.88 Å². The van der Waals surface area contributed by atoms with Crippen LogP contribution in [0.3, 0.4) is 0 Å². The second kappa shape index (κ2) is 6.17. The third-order valence-corrected chi connectivity index (χ3v) is 4.70. The molecule has 1 rings (SSSR count). The van der Waals surface area contributed by atoms with Gasteiger partial charge in [0.2, 0.25) is 0 Å². The molecule has 0 radical (unpaired) electrons. The van der Waals surface area contributed by atoms with E-state index in [-0.39, 0.29) is 18.0 Å². The molecule has 18 heavy (non-hydrogen) atoms. The molecule has 1 heterocycles. The van der Waals surface area contributed by atoms with Crippen molar-refractivity contribution in [1.29, 1.82) is 0 Å². The predicted molar refractivity (Wildman–Crippen MR) is 79.1 cm³/mol. The second-order valence-corrected chi connectivity index (χ2v) is 7.82. The first-order valence-corrected chi connectivity index (χ1v) is 7.56. The SMILES string of the molecule is CC(c1ccc(Br)s1)N(CCC(=O)O)C(C)(C)C. The quantitative estimate of drug-likeness (QED) is 0.879. The van der Waals surface area contributed by atoms with Crippen molar-refractivity contribution < 1.29 is 9.90 Å². The lowest BCUT2D eigenvalue weighted by molar-refractivity contribution is -0.137. The van der Waals surface area contributed by atoms with Crippen molar-refractivity contribution in [2.75, 3.05) is 6.54 Å². The van der Waals surface area contributed by atoms with E-state index < -0.39 is 5.97 Å². The highest BCUT2D eigenvalue weighted by Gasteiger charge is 2.28. The minimum absolute atomic E-state index is 0.0503.